The first-order chi connectivity index (χ1) is 6.47. The summed E-state index contributed by atoms with van der Waals surface area (Å²) in [6, 6.07) is 0. The van der Waals surface area contributed by atoms with Gasteiger partial charge in [-0.2, -0.15) is 34.2 Å². The number of unbranched alkanes of at least 4 members (excludes halogenated alkanes) is 1. The van der Waals surface area contributed by atoms with Crippen molar-refractivity contribution in [2.75, 3.05) is 0 Å². The minimum Gasteiger partial charge on any atom is -0.343 e. The summed E-state index contributed by atoms with van der Waals surface area (Å²) in [6.45, 7) is 16.7. The van der Waals surface area contributed by atoms with E-state index in [-0.39, 0.29) is 26.2 Å². The van der Waals surface area contributed by atoms with Gasteiger partial charge in [0.15, 0.2) is 0 Å². The molecule has 0 aromatic heterocycles. The Labute approximate surface area is 115 Å². The molecule has 0 fully saturated rings. The molecule has 0 aliphatic carbocycles. The van der Waals surface area contributed by atoms with Crippen molar-refractivity contribution in [2.24, 2.45) is 0 Å². The van der Waals surface area contributed by atoms with Crippen LogP contribution in [0.1, 0.15) is 47.6 Å². The normalized spacial score (nSPS) is 9.00. The zero-order valence-corrected chi connectivity index (χ0v) is 13.6. The third-order valence-corrected chi connectivity index (χ3v) is 3.17. The van der Waals surface area contributed by atoms with Crippen LogP contribution in [-0.2, 0) is 26.2 Å². The Hall–Kier alpha value is 0.233. The smallest absolute Gasteiger partial charge is 0.343 e. The standard InChI is InChI=1S/C10H15.C4H9.Zr/c1-6-7(2)9(4)10(5)8(6)3;1-3-4-2;/h1-5H3;1,3-4H2,2H3;/q2*-1;+2. The van der Waals surface area contributed by atoms with Gasteiger partial charge in [-0.25, -0.2) is 0 Å². The van der Waals surface area contributed by atoms with Crippen LogP contribution < -0.4 is 0 Å². The molecule has 0 N–H and O–H groups in total. The summed E-state index contributed by atoms with van der Waals surface area (Å²) in [6.07, 6.45) is 2.28. The average molecular weight is 284 g/mol. The largest absolute Gasteiger partial charge is 2.00 e. The van der Waals surface area contributed by atoms with Crippen LogP contribution in [0.5, 0.6) is 0 Å². The second-order valence-corrected chi connectivity index (χ2v) is 3.98. The monoisotopic (exact) mass is 282 g/mol. The minimum absolute atomic E-state index is 0. The van der Waals surface area contributed by atoms with Crippen molar-refractivity contribution in [1.82, 2.24) is 0 Å². The van der Waals surface area contributed by atoms with Crippen molar-refractivity contribution >= 4 is 0 Å². The number of hydrogen-bond donors (Lipinski definition) is 0. The summed E-state index contributed by atoms with van der Waals surface area (Å²) < 4.78 is 0. The van der Waals surface area contributed by atoms with E-state index in [9.17, 15) is 0 Å². The Bertz CT molecular complexity index is 200. The van der Waals surface area contributed by atoms with E-state index in [1.165, 1.54) is 34.2 Å². The van der Waals surface area contributed by atoms with Gasteiger partial charge in [0.25, 0.3) is 0 Å². The maximum atomic E-state index is 3.60. The van der Waals surface area contributed by atoms with Crippen molar-refractivity contribution in [3.8, 4) is 0 Å². The molecule has 0 amide bonds. The van der Waals surface area contributed by atoms with Gasteiger partial charge in [-0.05, 0) is 0 Å². The molecule has 0 atom stereocenters. The summed E-state index contributed by atoms with van der Waals surface area (Å²) in [5.74, 6) is 0. The van der Waals surface area contributed by atoms with Crippen LogP contribution in [0.15, 0.2) is 0 Å². The van der Waals surface area contributed by atoms with Crippen molar-refractivity contribution in [1.29, 1.82) is 0 Å². The Morgan fingerprint density at radius 3 is 1.33 bits per heavy atom. The SMILES string of the molecule is Cc1c(C)c(C)[c-](C)c1C.[CH2-]CCC.[Zr+2]. The van der Waals surface area contributed by atoms with Gasteiger partial charge in [0, 0.05) is 0 Å². The van der Waals surface area contributed by atoms with E-state index < -0.39 is 0 Å². The van der Waals surface area contributed by atoms with Gasteiger partial charge >= 0.3 is 26.2 Å². The van der Waals surface area contributed by atoms with Crippen LogP contribution in [0.2, 0.25) is 0 Å². The van der Waals surface area contributed by atoms with E-state index >= 15 is 0 Å². The molecule has 0 heterocycles. The molecule has 1 heteroatoms. The fourth-order valence-corrected chi connectivity index (χ4v) is 1.41. The summed E-state index contributed by atoms with van der Waals surface area (Å²) in [7, 11) is 0. The van der Waals surface area contributed by atoms with Gasteiger partial charge in [-0.3, -0.25) is 0 Å². The molecule has 0 radical (unpaired) electrons. The van der Waals surface area contributed by atoms with Gasteiger partial charge in [0.05, 0.1) is 0 Å². The van der Waals surface area contributed by atoms with Gasteiger partial charge in [0.2, 0.25) is 0 Å². The minimum atomic E-state index is 0. The first-order valence-electron chi connectivity index (χ1n) is 5.46. The van der Waals surface area contributed by atoms with Gasteiger partial charge in [0.1, 0.15) is 0 Å². The Morgan fingerprint density at radius 1 is 1.00 bits per heavy atom. The molecule has 0 spiro atoms. The van der Waals surface area contributed by atoms with E-state index in [2.05, 4.69) is 48.5 Å². The van der Waals surface area contributed by atoms with Crippen LogP contribution in [0, 0.1) is 41.5 Å². The topological polar surface area (TPSA) is 0 Å². The third-order valence-electron chi connectivity index (χ3n) is 3.17. The summed E-state index contributed by atoms with van der Waals surface area (Å²) in [5.41, 5.74) is 7.34. The molecular weight excluding hydrogens is 259 g/mol. The Morgan fingerprint density at radius 2 is 1.27 bits per heavy atom. The van der Waals surface area contributed by atoms with Gasteiger partial charge < -0.3 is 6.92 Å². The van der Waals surface area contributed by atoms with Gasteiger partial charge in [-0.15, -0.1) is 0 Å². The van der Waals surface area contributed by atoms with Crippen LogP contribution >= 0.6 is 0 Å². The molecular formula is C14H24Zr. The molecule has 1 aromatic carbocycles. The van der Waals surface area contributed by atoms with Crippen molar-refractivity contribution in [2.45, 2.75) is 54.4 Å². The summed E-state index contributed by atoms with van der Waals surface area (Å²) in [4.78, 5) is 0. The van der Waals surface area contributed by atoms with Crippen LogP contribution in [0.25, 0.3) is 0 Å². The van der Waals surface area contributed by atoms with Crippen LogP contribution in [0.4, 0.5) is 0 Å². The Balaban J connectivity index is 0. The van der Waals surface area contributed by atoms with E-state index in [0.29, 0.717) is 0 Å². The number of hydrogen-bond acceptors (Lipinski definition) is 0. The number of rotatable bonds is 1. The van der Waals surface area contributed by atoms with Crippen molar-refractivity contribution < 1.29 is 26.2 Å². The molecule has 0 saturated carbocycles. The fraction of sp³-hybridized carbons (Fsp3) is 0.571. The second kappa shape index (κ2) is 8.39. The van der Waals surface area contributed by atoms with Gasteiger partial charge in [-0.1, -0.05) is 48.0 Å². The van der Waals surface area contributed by atoms with E-state index in [4.69, 9.17) is 0 Å². The Kier molecular flexibility index (Phi) is 9.86. The maximum Gasteiger partial charge on any atom is 2.00 e. The van der Waals surface area contributed by atoms with E-state index in [1.807, 2.05) is 0 Å². The molecule has 84 valence electrons. The predicted molar refractivity (Wildman–Crippen MR) is 66.0 cm³/mol. The fourth-order valence-electron chi connectivity index (χ4n) is 1.41. The molecule has 0 unspecified atom stereocenters. The zero-order valence-electron chi connectivity index (χ0n) is 11.1. The summed E-state index contributed by atoms with van der Waals surface area (Å²) in [5, 5.41) is 0. The molecule has 0 nitrogen and oxygen atoms in total. The molecule has 15 heavy (non-hydrogen) atoms. The molecule has 0 saturated heterocycles. The average Bonchev–Trinajstić information content (AvgIpc) is 2.37. The summed E-state index contributed by atoms with van der Waals surface area (Å²) >= 11 is 0. The molecule has 1 aromatic rings. The van der Waals surface area contributed by atoms with E-state index in [0.717, 1.165) is 6.42 Å². The molecule has 0 aliphatic rings. The van der Waals surface area contributed by atoms with Crippen molar-refractivity contribution in [3.05, 3.63) is 34.7 Å². The second-order valence-electron chi connectivity index (χ2n) is 3.98. The molecule has 0 aliphatic heterocycles. The first-order valence-corrected chi connectivity index (χ1v) is 5.46. The third kappa shape index (κ3) is 4.72. The first kappa shape index (κ1) is 17.6. The van der Waals surface area contributed by atoms with E-state index in [1.54, 1.807) is 0 Å². The maximum absolute atomic E-state index is 3.60. The van der Waals surface area contributed by atoms with Crippen LogP contribution in [0.3, 0.4) is 0 Å². The zero-order chi connectivity index (χ0) is 11.3. The van der Waals surface area contributed by atoms with Crippen molar-refractivity contribution in [3.63, 3.8) is 0 Å². The molecule has 1 rings (SSSR count). The van der Waals surface area contributed by atoms with Crippen LogP contribution in [-0.4, -0.2) is 0 Å². The molecule has 0 bridgehead atoms. The predicted octanol–water partition coefficient (Wildman–Crippen LogP) is 4.57. The quantitative estimate of drug-likeness (QED) is 0.663.